The van der Waals surface area contributed by atoms with Crippen LogP contribution >= 0.6 is 11.6 Å². The third-order valence-corrected chi connectivity index (χ3v) is 4.53. The average Bonchev–Trinajstić information content (AvgIpc) is 2.96. The summed E-state index contributed by atoms with van der Waals surface area (Å²) in [6.45, 7) is 0.994. The summed E-state index contributed by atoms with van der Waals surface area (Å²) in [5.74, 6) is 0.753. The first-order valence-electron chi connectivity index (χ1n) is 7.49. The maximum atomic E-state index is 8.88. The number of nitriles is 1. The van der Waals surface area contributed by atoms with Gasteiger partial charge in [0.1, 0.15) is 0 Å². The largest absolute Gasteiger partial charge is 0.272 e. The van der Waals surface area contributed by atoms with Gasteiger partial charge in [-0.05, 0) is 30.9 Å². The molecule has 1 heterocycles. The molecule has 108 valence electrons. The first-order valence-corrected chi connectivity index (χ1v) is 7.86. The van der Waals surface area contributed by atoms with Crippen molar-refractivity contribution >= 4 is 11.6 Å². The molecule has 1 aliphatic carbocycles. The van der Waals surface area contributed by atoms with Gasteiger partial charge in [0.05, 0.1) is 17.8 Å². The van der Waals surface area contributed by atoms with E-state index in [-0.39, 0.29) is 0 Å². The molecule has 0 amide bonds. The third-order valence-electron chi connectivity index (χ3n) is 4.21. The van der Waals surface area contributed by atoms with Crippen LogP contribution in [0.15, 0.2) is 30.6 Å². The van der Waals surface area contributed by atoms with Gasteiger partial charge in [-0.15, -0.1) is 0 Å². The van der Waals surface area contributed by atoms with Crippen molar-refractivity contribution in [3.63, 3.8) is 0 Å². The van der Waals surface area contributed by atoms with Crippen molar-refractivity contribution in [2.45, 2.75) is 38.6 Å². The Labute approximate surface area is 130 Å². The number of rotatable bonds is 3. The highest BCUT2D eigenvalue weighted by molar-refractivity contribution is 6.33. The molecule has 0 atom stereocenters. The fourth-order valence-electron chi connectivity index (χ4n) is 3.06. The Balaban J connectivity index is 1.76. The molecule has 0 radical (unpaired) electrons. The molecular weight excluding hydrogens is 282 g/mol. The predicted molar refractivity (Wildman–Crippen MR) is 84.0 cm³/mol. The van der Waals surface area contributed by atoms with E-state index in [1.807, 2.05) is 16.9 Å². The van der Waals surface area contributed by atoms with Gasteiger partial charge in [0.2, 0.25) is 0 Å². The van der Waals surface area contributed by atoms with E-state index < -0.39 is 0 Å². The summed E-state index contributed by atoms with van der Waals surface area (Å²) >= 11 is 6.26. The van der Waals surface area contributed by atoms with Gasteiger partial charge in [-0.1, -0.05) is 36.9 Å². The van der Waals surface area contributed by atoms with E-state index in [9.17, 15) is 0 Å². The molecule has 1 saturated carbocycles. The van der Waals surface area contributed by atoms with Crippen LogP contribution in [0.3, 0.4) is 0 Å². The number of hydrogen-bond acceptors (Lipinski definition) is 2. The zero-order valence-corrected chi connectivity index (χ0v) is 12.7. The molecule has 0 bridgehead atoms. The van der Waals surface area contributed by atoms with Gasteiger partial charge < -0.3 is 0 Å². The monoisotopic (exact) mass is 299 g/mol. The number of hydrogen-bond donors (Lipinski definition) is 0. The lowest BCUT2D eigenvalue weighted by Gasteiger charge is -2.21. The van der Waals surface area contributed by atoms with E-state index in [4.69, 9.17) is 16.9 Å². The lowest BCUT2D eigenvalue weighted by Crippen LogP contribution is -2.14. The van der Waals surface area contributed by atoms with E-state index in [2.05, 4.69) is 17.4 Å². The molecule has 3 nitrogen and oxygen atoms in total. The van der Waals surface area contributed by atoms with Gasteiger partial charge in [0.15, 0.2) is 0 Å². The Hall–Kier alpha value is -1.79. The first-order chi connectivity index (χ1) is 10.3. The van der Waals surface area contributed by atoms with Gasteiger partial charge in [0.25, 0.3) is 0 Å². The van der Waals surface area contributed by atoms with Gasteiger partial charge in [-0.25, -0.2) is 0 Å². The zero-order chi connectivity index (χ0) is 14.7. The van der Waals surface area contributed by atoms with E-state index in [1.54, 1.807) is 12.1 Å². The predicted octanol–water partition coefficient (Wildman–Crippen LogP) is 4.66. The minimum absolute atomic E-state index is 0.582. The number of halogens is 1. The molecule has 21 heavy (non-hydrogen) atoms. The lowest BCUT2D eigenvalue weighted by molar-refractivity contribution is 0.308. The summed E-state index contributed by atoms with van der Waals surface area (Å²) in [4.78, 5) is 0. The topological polar surface area (TPSA) is 41.6 Å². The van der Waals surface area contributed by atoms with Crippen LogP contribution in [0.1, 0.15) is 37.7 Å². The van der Waals surface area contributed by atoms with E-state index in [0.29, 0.717) is 10.6 Å². The molecule has 0 saturated heterocycles. The van der Waals surface area contributed by atoms with Crippen molar-refractivity contribution in [2.24, 2.45) is 5.92 Å². The summed E-state index contributed by atoms with van der Waals surface area (Å²) in [5, 5.41) is 14.0. The molecule has 4 heteroatoms. The van der Waals surface area contributed by atoms with Crippen molar-refractivity contribution in [1.29, 1.82) is 5.26 Å². The molecule has 1 aromatic heterocycles. The summed E-state index contributed by atoms with van der Waals surface area (Å²) in [6.07, 6.45) is 10.6. The fourth-order valence-corrected chi connectivity index (χ4v) is 3.35. The third kappa shape index (κ3) is 3.28. The second kappa shape index (κ2) is 6.32. The van der Waals surface area contributed by atoms with Crippen LogP contribution in [0.4, 0.5) is 0 Å². The number of benzene rings is 1. The Bertz CT molecular complexity index is 663. The SMILES string of the molecule is N#Cc1ccc(-c2cnn(CC3CCCCC3)c2)c(Cl)c1. The molecule has 3 rings (SSSR count). The first kappa shape index (κ1) is 14.2. The molecule has 0 N–H and O–H groups in total. The Morgan fingerprint density at radius 3 is 2.81 bits per heavy atom. The molecule has 0 spiro atoms. The Kier molecular flexibility index (Phi) is 4.26. The lowest BCUT2D eigenvalue weighted by atomic mass is 9.89. The quantitative estimate of drug-likeness (QED) is 0.827. The zero-order valence-electron chi connectivity index (χ0n) is 11.9. The molecular formula is C17H18ClN3. The molecule has 1 fully saturated rings. The van der Waals surface area contributed by atoms with Crippen molar-refractivity contribution in [3.05, 3.63) is 41.2 Å². The molecule has 2 aromatic rings. The maximum absolute atomic E-state index is 8.88. The van der Waals surface area contributed by atoms with Gasteiger partial charge in [0, 0.05) is 28.9 Å². The average molecular weight is 300 g/mol. The van der Waals surface area contributed by atoms with E-state index in [0.717, 1.165) is 23.6 Å². The van der Waals surface area contributed by atoms with Crippen LogP contribution < -0.4 is 0 Å². The minimum atomic E-state index is 0.582. The van der Waals surface area contributed by atoms with E-state index in [1.165, 1.54) is 32.1 Å². The van der Waals surface area contributed by atoms with Crippen LogP contribution in [0, 0.1) is 17.2 Å². The highest BCUT2D eigenvalue weighted by atomic mass is 35.5. The number of nitrogens with zero attached hydrogens (tertiary/aromatic N) is 3. The molecule has 0 unspecified atom stereocenters. The summed E-state index contributed by atoms with van der Waals surface area (Å²) in [5.41, 5.74) is 2.53. The van der Waals surface area contributed by atoms with Crippen molar-refractivity contribution in [2.75, 3.05) is 0 Å². The van der Waals surface area contributed by atoms with Crippen LogP contribution in [0.25, 0.3) is 11.1 Å². The Morgan fingerprint density at radius 2 is 2.10 bits per heavy atom. The van der Waals surface area contributed by atoms with Crippen LogP contribution in [-0.2, 0) is 6.54 Å². The number of aromatic nitrogens is 2. The fraction of sp³-hybridized carbons (Fsp3) is 0.412. The van der Waals surface area contributed by atoms with Crippen LogP contribution in [0.2, 0.25) is 5.02 Å². The summed E-state index contributed by atoms with van der Waals surface area (Å²) < 4.78 is 2.03. The molecule has 1 aromatic carbocycles. The summed E-state index contributed by atoms with van der Waals surface area (Å²) in [7, 11) is 0. The highest BCUT2D eigenvalue weighted by Crippen LogP contribution is 2.29. The van der Waals surface area contributed by atoms with Gasteiger partial charge in [-0.2, -0.15) is 10.4 Å². The molecule has 1 aliphatic rings. The van der Waals surface area contributed by atoms with Gasteiger partial charge >= 0.3 is 0 Å². The Morgan fingerprint density at radius 1 is 1.29 bits per heavy atom. The highest BCUT2D eigenvalue weighted by Gasteiger charge is 2.15. The second-order valence-electron chi connectivity index (χ2n) is 5.76. The van der Waals surface area contributed by atoms with E-state index >= 15 is 0 Å². The minimum Gasteiger partial charge on any atom is -0.272 e. The second-order valence-corrected chi connectivity index (χ2v) is 6.17. The molecule has 0 aliphatic heterocycles. The van der Waals surface area contributed by atoms with Crippen LogP contribution in [-0.4, -0.2) is 9.78 Å². The van der Waals surface area contributed by atoms with Crippen LogP contribution in [0.5, 0.6) is 0 Å². The smallest absolute Gasteiger partial charge is 0.0992 e. The summed E-state index contributed by atoms with van der Waals surface area (Å²) in [6, 6.07) is 7.49. The van der Waals surface area contributed by atoms with Gasteiger partial charge in [-0.3, -0.25) is 4.68 Å². The standard InChI is InChI=1S/C17H18ClN3/c18-17-8-14(9-19)6-7-16(17)15-10-20-21(12-15)11-13-4-2-1-3-5-13/h6-8,10,12-13H,1-5,11H2. The normalized spacial score (nSPS) is 15.8. The van der Waals surface area contributed by atoms with Crippen molar-refractivity contribution < 1.29 is 0 Å². The maximum Gasteiger partial charge on any atom is 0.0992 e. The van der Waals surface area contributed by atoms with Crippen molar-refractivity contribution in [1.82, 2.24) is 9.78 Å². The van der Waals surface area contributed by atoms with Crippen molar-refractivity contribution in [3.8, 4) is 17.2 Å².